The average Bonchev–Trinajstić information content (AvgIpc) is 2.59. The van der Waals surface area contributed by atoms with Crippen LogP contribution >= 0.6 is 67.8 Å². The first-order chi connectivity index (χ1) is 13.1. The Morgan fingerprint density at radius 3 is 1.93 bits per heavy atom. The molecular formula is C17H14I3N3O5. The van der Waals surface area contributed by atoms with Crippen molar-refractivity contribution in [1.29, 1.82) is 0 Å². The summed E-state index contributed by atoms with van der Waals surface area (Å²) in [5.41, 5.74) is 5.29. The quantitative estimate of drug-likeness (QED) is 0.283. The van der Waals surface area contributed by atoms with Gasteiger partial charge in [-0.3, -0.25) is 14.4 Å². The summed E-state index contributed by atoms with van der Waals surface area (Å²) >= 11 is 5.66. The van der Waals surface area contributed by atoms with Crippen LogP contribution in [-0.2, 0) is 9.59 Å². The second kappa shape index (κ2) is 11.5. The first-order valence-electron chi connectivity index (χ1n) is 7.38. The Morgan fingerprint density at radius 2 is 1.46 bits per heavy atom. The minimum Gasteiger partial charge on any atom is -0.478 e. The molecule has 11 heteroatoms. The van der Waals surface area contributed by atoms with Crippen LogP contribution in [0.2, 0.25) is 0 Å². The largest absolute Gasteiger partial charge is 0.478 e. The Hall–Kier alpha value is -1.49. The van der Waals surface area contributed by atoms with Gasteiger partial charge in [-0.2, -0.15) is 0 Å². The first-order valence-corrected chi connectivity index (χ1v) is 10.6. The van der Waals surface area contributed by atoms with E-state index in [1.807, 2.05) is 73.8 Å². The number of carbonyl (C=O) groups is 4. The maximum atomic E-state index is 12.8. The number of nitrogens with one attached hydrogen (secondary N) is 2. The van der Waals surface area contributed by atoms with Gasteiger partial charge in [0.25, 0.3) is 5.91 Å². The molecule has 0 heterocycles. The highest BCUT2D eigenvalue weighted by molar-refractivity contribution is 14.1. The number of carboxylic acids is 1. The molecule has 28 heavy (non-hydrogen) atoms. The highest BCUT2D eigenvalue weighted by atomic mass is 127. The smallest absolute Gasteiger partial charge is 0.337 e. The molecule has 0 radical (unpaired) electrons. The number of aromatic carboxylic acids is 1. The van der Waals surface area contributed by atoms with Crippen LogP contribution in [-0.4, -0.2) is 29.3 Å². The predicted octanol–water partition coefficient (Wildman–Crippen LogP) is 3.51. The molecule has 8 nitrogen and oxygen atoms in total. The van der Waals surface area contributed by atoms with Gasteiger partial charge in [-0.05, 0) is 79.9 Å². The van der Waals surface area contributed by atoms with Crippen LogP contribution in [0.25, 0.3) is 0 Å². The predicted molar refractivity (Wildman–Crippen MR) is 131 cm³/mol. The molecule has 0 fully saturated rings. The Morgan fingerprint density at radius 1 is 0.964 bits per heavy atom. The number of para-hydroxylation sites is 1. The second-order valence-corrected chi connectivity index (χ2v) is 8.25. The van der Waals surface area contributed by atoms with Crippen LogP contribution in [0, 0.1) is 10.7 Å². The van der Waals surface area contributed by atoms with E-state index in [2.05, 4.69) is 16.4 Å². The zero-order valence-corrected chi connectivity index (χ0v) is 20.7. The van der Waals surface area contributed by atoms with Crippen LogP contribution in [0.15, 0.2) is 30.3 Å². The van der Waals surface area contributed by atoms with Gasteiger partial charge in [-0.15, -0.1) is 0 Å². The van der Waals surface area contributed by atoms with Gasteiger partial charge in [0, 0.05) is 16.2 Å². The molecule has 0 aromatic heterocycles. The third-order valence-electron chi connectivity index (χ3n) is 3.09. The zero-order valence-electron chi connectivity index (χ0n) is 14.3. The summed E-state index contributed by atoms with van der Waals surface area (Å²) in [6, 6.07) is 8.86. The Labute approximate surface area is 201 Å². The highest BCUT2D eigenvalue weighted by Gasteiger charge is 2.28. The molecule has 0 aliphatic heterocycles. The summed E-state index contributed by atoms with van der Waals surface area (Å²) in [6.45, 7) is 1.33. The van der Waals surface area contributed by atoms with Crippen molar-refractivity contribution in [3.8, 4) is 0 Å². The Bertz CT molecular complexity index is 920. The van der Waals surface area contributed by atoms with E-state index in [1.54, 1.807) is 24.3 Å². The van der Waals surface area contributed by atoms with Crippen LogP contribution in [0.1, 0.15) is 27.6 Å². The van der Waals surface area contributed by atoms with E-state index in [-0.39, 0.29) is 23.4 Å². The maximum Gasteiger partial charge on any atom is 0.337 e. The summed E-state index contributed by atoms with van der Waals surface area (Å²) in [5.74, 6) is -1.95. The average molecular weight is 721 g/mol. The SMILES string of the molecule is CC(=O)Nc1c(I)c(C(=O)O)c(I)c(C(=O)Nc2ccccc2)c1I.NC=O. The Balaban J connectivity index is 0.00000122. The number of benzene rings is 2. The van der Waals surface area contributed by atoms with Gasteiger partial charge in [0.15, 0.2) is 0 Å². The van der Waals surface area contributed by atoms with E-state index < -0.39 is 11.9 Å². The molecule has 5 N–H and O–H groups in total. The third kappa shape index (κ3) is 6.26. The molecular weight excluding hydrogens is 707 g/mol. The lowest BCUT2D eigenvalue weighted by Gasteiger charge is -2.17. The van der Waals surface area contributed by atoms with Crippen molar-refractivity contribution in [2.45, 2.75) is 6.92 Å². The zero-order chi connectivity index (χ0) is 21.4. The molecule has 148 valence electrons. The number of anilines is 2. The summed E-state index contributed by atoms with van der Waals surface area (Å²) in [5, 5.41) is 14.9. The number of hydrogen-bond acceptors (Lipinski definition) is 4. The molecule has 2 aromatic rings. The van der Waals surface area contributed by atoms with Crippen molar-refractivity contribution in [2.24, 2.45) is 5.73 Å². The lowest BCUT2D eigenvalue weighted by molar-refractivity contribution is -0.114. The van der Waals surface area contributed by atoms with Crippen LogP contribution < -0.4 is 16.4 Å². The van der Waals surface area contributed by atoms with Gasteiger partial charge in [0.1, 0.15) is 0 Å². The van der Waals surface area contributed by atoms with Gasteiger partial charge >= 0.3 is 5.97 Å². The van der Waals surface area contributed by atoms with E-state index in [1.165, 1.54) is 6.92 Å². The molecule has 2 aromatic carbocycles. The first kappa shape index (κ1) is 24.5. The van der Waals surface area contributed by atoms with Crippen molar-refractivity contribution in [2.75, 3.05) is 10.6 Å². The molecule has 0 bridgehead atoms. The number of hydrogen-bond donors (Lipinski definition) is 4. The molecule has 0 aliphatic carbocycles. The van der Waals surface area contributed by atoms with Crippen LogP contribution in [0.4, 0.5) is 11.4 Å². The fraction of sp³-hybridized carbons (Fsp3) is 0.0588. The van der Waals surface area contributed by atoms with E-state index in [4.69, 9.17) is 4.79 Å². The van der Waals surface area contributed by atoms with Crippen LogP contribution in [0.3, 0.4) is 0 Å². The lowest BCUT2D eigenvalue weighted by atomic mass is 10.1. The highest BCUT2D eigenvalue weighted by Crippen LogP contribution is 2.36. The summed E-state index contributed by atoms with van der Waals surface area (Å²) in [6.07, 6.45) is 0.250. The molecule has 0 saturated carbocycles. The minimum atomic E-state index is -1.16. The minimum absolute atomic E-state index is 0.0106. The van der Waals surface area contributed by atoms with E-state index in [9.17, 15) is 19.5 Å². The second-order valence-electron chi connectivity index (χ2n) is 5.01. The number of carbonyl (C=O) groups excluding carboxylic acids is 3. The van der Waals surface area contributed by atoms with Gasteiger partial charge in [-0.1, -0.05) is 18.2 Å². The third-order valence-corrected chi connectivity index (χ3v) is 6.33. The van der Waals surface area contributed by atoms with Gasteiger partial charge in [-0.25, -0.2) is 4.79 Å². The van der Waals surface area contributed by atoms with E-state index in [0.717, 1.165) is 0 Å². The standard InChI is InChI=1S/C16H11I3N2O4.CH3NO/c1-7(22)20-14-12(18)9(11(17)10(13(14)19)16(24)25)15(23)21-8-5-3-2-4-6-8;2-1-3/h2-6H,1H3,(H,20,22)(H,21,23)(H,24,25);1H,(H2,2,3). The number of primary amides is 1. The topological polar surface area (TPSA) is 139 Å². The maximum absolute atomic E-state index is 12.8. The van der Waals surface area contributed by atoms with Gasteiger partial charge in [0.05, 0.1) is 24.0 Å². The number of rotatable bonds is 4. The number of nitrogens with two attached hydrogens (primary N) is 1. The van der Waals surface area contributed by atoms with Crippen molar-refractivity contribution in [3.63, 3.8) is 0 Å². The van der Waals surface area contributed by atoms with Crippen molar-refractivity contribution in [1.82, 2.24) is 0 Å². The van der Waals surface area contributed by atoms with Crippen molar-refractivity contribution >= 4 is 103 Å². The molecule has 0 unspecified atom stereocenters. The molecule has 0 aliphatic rings. The molecule has 0 spiro atoms. The molecule has 0 atom stereocenters. The lowest BCUT2D eigenvalue weighted by Crippen LogP contribution is -2.21. The van der Waals surface area contributed by atoms with Gasteiger partial charge in [0.2, 0.25) is 12.3 Å². The number of amides is 3. The van der Waals surface area contributed by atoms with Gasteiger partial charge < -0.3 is 21.5 Å². The summed E-state index contributed by atoms with van der Waals surface area (Å²) in [4.78, 5) is 44.5. The van der Waals surface area contributed by atoms with E-state index >= 15 is 0 Å². The fourth-order valence-electron chi connectivity index (χ4n) is 2.05. The summed E-state index contributed by atoms with van der Waals surface area (Å²) < 4.78 is 1.19. The van der Waals surface area contributed by atoms with Crippen LogP contribution in [0.5, 0.6) is 0 Å². The van der Waals surface area contributed by atoms with Crippen molar-refractivity contribution in [3.05, 3.63) is 52.2 Å². The fourth-order valence-corrected chi connectivity index (χ4v) is 6.44. The van der Waals surface area contributed by atoms with E-state index in [0.29, 0.717) is 22.1 Å². The summed E-state index contributed by atoms with van der Waals surface area (Å²) in [7, 11) is 0. The molecule has 0 saturated heterocycles. The Kier molecular flexibility index (Phi) is 10.1. The van der Waals surface area contributed by atoms with Crippen molar-refractivity contribution < 1.29 is 24.3 Å². The normalized spacial score (nSPS) is 9.57. The molecule has 3 amide bonds. The number of carboxylic acid groups (broad SMARTS) is 1. The monoisotopic (exact) mass is 721 g/mol. The number of halogens is 3. The molecule has 2 rings (SSSR count).